The van der Waals surface area contributed by atoms with E-state index in [9.17, 15) is 13.2 Å². The van der Waals surface area contributed by atoms with Crippen LogP contribution in [0.3, 0.4) is 0 Å². The number of urea groups is 1. The largest absolute Gasteiger partial charge is 0.334 e. The van der Waals surface area contributed by atoms with Crippen LogP contribution in [0.1, 0.15) is 6.42 Å². The third-order valence-electron chi connectivity index (χ3n) is 3.45. The predicted octanol–water partition coefficient (Wildman–Crippen LogP) is 1.54. The highest BCUT2D eigenvalue weighted by Crippen LogP contribution is 2.20. The van der Waals surface area contributed by atoms with E-state index in [0.717, 1.165) is 5.39 Å². The first-order valence-electron chi connectivity index (χ1n) is 6.65. The van der Waals surface area contributed by atoms with Gasteiger partial charge in [0.25, 0.3) is 0 Å². The minimum Gasteiger partial charge on any atom is -0.334 e. The number of pyridine rings is 1. The third kappa shape index (κ3) is 3.13. The molecule has 1 fully saturated rings. The number of para-hydroxylation sites is 1. The monoisotopic (exact) mass is 305 g/mol. The molecule has 0 unspecified atom stereocenters. The molecule has 6 nitrogen and oxygen atoms in total. The average Bonchev–Trinajstić information content (AvgIpc) is 2.78. The zero-order chi connectivity index (χ0) is 14.9. The first-order chi connectivity index (χ1) is 10.0. The molecule has 0 saturated carbocycles. The highest BCUT2D eigenvalue weighted by molar-refractivity contribution is 7.91. The summed E-state index contributed by atoms with van der Waals surface area (Å²) in [6, 6.07) is 8.52. The summed E-state index contributed by atoms with van der Waals surface area (Å²) in [5, 5.41) is 6.35. The van der Waals surface area contributed by atoms with Gasteiger partial charge in [0.2, 0.25) is 0 Å². The number of sulfone groups is 1. The van der Waals surface area contributed by atoms with E-state index in [1.54, 1.807) is 12.3 Å². The Hall–Kier alpha value is -2.15. The molecule has 0 bridgehead atoms. The standard InChI is InChI=1S/C14H15N3O3S/c18-14(16-11-6-8-21(19,20)9-11)17-12-5-1-3-10-4-2-7-15-13(10)12/h1-5,7,11H,6,8-9H2,(H2,16,17,18)/t11-/m1/s1. The highest BCUT2D eigenvalue weighted by atomic mass is 32.2. The second-order valence-electron chi connectivity index (χ2n) is 5.08. The number of benzene rings is 1. The molecule has 7 heteroatoms. The summed E-state index contributed by atoms with van der Waals surface area (Å²) in [5.74, 6) is 0.141. The molecule has 110 valence electrons. The molecule has 1 saturated heterocycles. The van der Waals surface area contributed by atoms with Gasteiger partial charge >= 0.3 is 6.03 Å². The summed E-state index contributed by atoms with van der Waals surface area (Å²) in [4.78, 5) is 16.2. The lowest BCUT2D eigenvalue weighted by Gasteiger charge is -2.13. The molecule has 3 rings (SSSR count). The second-order valence-corrected chi connectivity index (χ2v) is 7.31. The Morgan fingerprint density at radius 3 is 2.81 bits per heavy atom. The topological polar surface area (TPSA) is 88.2 Å². The average molecular weight is 305 g/mol. The van der Waals surface area contributed by atoms with E-state index in [2.05, 4.69) is 15.6 Å². The third-order valence-corrected chi connectivity index (χ3v) is 5.22. The smallest absolute Gasteiger partial charge is 0.319 e. The van der Waals surface area contributed by atoms with Crippen LogP contribution in [0.15, 0.2) is 36.5 Å². The van der Waals surface area contributed by atoms with Crippen LogP contribution in [0.5, 0.6) is 0 Å². The van der Waals surface area contributed by atoms with Gasteiger partial charge in [-0.1, -0.05) is 18.2 Å². The van der Waals surface area contributed by atoms with Gasteiger partial charge in [0, 0.05) is 17.6 Å². The van der Waals surface area contributed by atoms with Crippen molar-refractivity contribution in [3.63, 3.8) is 0 Å². The number of anilines is 1. The fourth-order valence-corrected chi connectivity index (χ4v) is 4.13. The molecule has 0 radical (unpaired) electrons. The molecule has 1 aromatic carbocycles. The van der Waals surface area contributed by atoms with Crippen LogP contribution in [0.25, 0.3) is 10.9 Å². The maximum Gasteiger partial charge on any atom is 0.319 e. The zero-order valence-electron chi connectivity index (χ0n) is 11.2. The Kier molecular flexibility index (Phi) is 3.50. The van der Waals surface area contributed by atoms with Gasteiger partial charge in [-0.2, -0.15) is 0 Å². The van der Waals surface area contributed by atoms with Crippen molar-refractivity contribution in [2.45, 2.75) is 12.5 Å². The van der Waals surface area contributed by atoms with Crippen LogP contribution >= 0.6 is 0 Å². The molecule has 1 aromatic heterocycles. The number of aromatic nitrogens is 1. The second kappa shape index (κ2) is 5.33. The van der Waals surface area contributed by atoms with Crippen molar-refractivity contribution in [1.29, 1.82) is 0 Å². The molecule has 0 aliphatic carbocycles. The summed E-state index contributed by atoms with van der Waals surface area (Å²) >= 11 is 0. The van der Waals surface area contributed by atoms with Crippen LogP contribution in [-0.2, 0) is 9.84 Å². The van der Waals surface area contributed by atoms with Crippen molar-refractivity contribution >= 4 is 32.5 Å². The van der Waals surface area contributed by atoms with Crippen molar-refractivity contribution in [1.82, 2.24) is 10.3 Å². The molecular weight excluding hydrogens is 290 g/mol. The Morgan fingerprint density at radius 1 is 1.24 bits per heavy atom. The molecule has 1 aliphatic heterocycles. The van der Waals surface area contributed by atoms with Gasteiger partial charge in [0.05, 0.1) is 22.7 Å². The zero-order valence-corrected chi connectivity index (χ0v) is 12.1. The Bertz CT molecular complexity index is 784. The molecule has 2 N–H and O–H groups in total. The van der Waals surface area contributed by atoms with Crippen LogP contribution < -0.4 is 10.6 Å². The van der Waals surface area contributed by atoms with Gasteiger partial charge in [-0.05, 0) is 18.6 Å². The number of carbonyl (C=O) groups is 1. The quantitative estimate of drug-likeness (QED) is 0.881. The SMILES string of the molecule is O=C(Nc1cccc2cccnc12)N[C@@H]1CCS(=O)(=O)C1. The lowest BCUT2D eigenvalue weighted by atomic mass is 10.2. The van der Waals surface area contributed by atoms with E-state index in [-0.39, 0.29) is 17.5 Å². The number of rotatable bonds is 2. The molecule has 2 aromatic rings. The molecule has 0 spiro atoms. The van der Waals surface area contributed by atoms with Gasteiger partial charge < -0.3 is 10.6 Å². The summed E-state index contributed by atoms with van der Waals surface area (Å²) < 4.78 is 22.7. The maximum absolute atomic E-state index is 12.0. The number of amides is 2. The predicted molar refractivity (Wildman–Crippen MR) is 81.0 cm³/mol. The molecule has 2 heterocycles. The fraction of sp³-hybridized carbons (Fsp3) is 0.286. The Morgan fingerprint density at radius 2 is 2.05 bits per heavy atom. The van der Waals surface area contributed by atoms with Crippen LogP contribution in [0.4, 0.5) is 10.5 Å². The number of fused-ring (bicyclic) bond motifs is 1. The summed E-state index contributed by atoms with van der Waals surface area (Å²) in [6.07, 6.45) is 2.12. The number of carbonyl (C=O) groups excluding carboxylic acids is 1. The van der Waals surface area contributed by atoms with Crippen LogP contribution in [0, 0.1) is 0 Å². The summed E-state index contributed by atoms with van der Waals surface area (Å²) in [6.45, 7) is 0. The first kappa shape index (κ1) is 13.8. The normalized spacial score (nSPS) is 20.3. The molecule has 21 heavy (non-hydrogen) atoms. The maximum atomic E-state index is 12.0. The molecule has 1 aliphatic rings. The van der Waals surface area contributed by atoms with Gasteiger partial charge in [0.15, 0.2) is 9.84 Å². The van der Waals surface area contributed by atoms with Crippen molar-refractivity contribution in [3.05, 3.63) is 36.5 Å². The van der Waals surface area contributed by atoms with Gasteiger partial charge in [-0.25, -0.2) is 13.2 Å². The minimum absolute atomic E-state index is 0.00814. The first-order valence-corrected chi connectivity index (χ1v) is 8.47. The molecular formula is C14H15N3O3S. The van der Waals surface area contributed by atoms with Gasteiger partial charge in [-0.3, -0.25) is 4.98 Å². The van der Waals surface area contributed by atoms with Gasteiger partial charge in [-0.15, -0.1) is 0 Å². The minimum atomic E-state index is -3.00. The number of hydrogen-bond donors (Lipinski definition) is 2. The van der Waals surface area contributed by atoms with E-state index in [0.29, 0.717) is 17.6 Å². The van der Waals surface area contributed by atoms with E-state index in [1.165, 1.54) is 0 Å². The van der Waals surface area contributed by atoms with Crippen molar-refractivity contribution < 1.29 is 13.2 Å². The Labute approximate surface area is 122 Å². The van der Waals surface area contributed by atoms with Crippen molar-refractivity contribution in [2.24, 2.45) is 0 Å². The van der Waals surface area contributed by atoms with Crippen LogP contribution in [0.2, 0.25) is 0 Å². The van der Waals surface area contributed by atoms with E-state index >= 15 is 0 Å². The summed E-state index contributed by atoms with van der Waals surface area (Å²) in [5.41, 5.74) is 1.31. The van der Waals surface area contributed by atoms with E-state index in [1.807, 2.05) is 24.3 Å². The van der Waals surface area contributed by atoms with E-state index < -0.39 is 15.9 Å². The fourth-order valence-electron chi connectivity index (χ4n) is 2.46. The van der Waals surface area contributed by atoms with Crippen molar-refractivity contribution in [3.8, 4) is 0 Å². The lowest BCUT2D eigenvalue weighted by molar-refractivity contribution is 0.249. The number of hydrogen-bond acceptors (Lipinski definition) is 4. The summed E-state index contributed by atoms with van der Waals surface area (Å²) in [7, 11) is -3.00. The number of nitrogens with one attached hydrogen (secondary N) is 2. The Balaban J connectivity index is 1.72. The van der Waals surface area contributed by atoms with Gasteiger partial charge in [0.1, 0.15) is 0 Å². The van der Waals surface area contributed by atoms with E-state index in [4.69, 9.17) is 0 Å². The lowest BCUT2D eigenvalue weighted by Crippen LogP contribution is -2.38. The molecule has 2 amide bonds. The number of nitrogens with zero attached hydrogens (tertiary/aromatic N) is 1. The van der Waals surface area contributed by atoms with Crippen molar-refractivity contribution in [2.75, 3.05) is 16.8 Å². The highest BCUT2D eigenvalue weighted by Gasteiger charge is 2.28. The van der Waals surface area contributed by atoms with Crippen LogP contribution in [-0.4, -0.2) is 37.0 Å². The molecule has 1 atom stereocenters.